The van der Waals surface area contributed by atoms with Gasteiger partial charge in [-0.15, -0.1) is 0 Å². The summed E-state index contributed by atoms with van der Waals surface area (Å²) in [7, 11) is 1.14. The average molecular weight is 656 g/mol. The van der Waals surface area contributed by atoms with E-state index in [9.17, 15) is 37.1 Å². The van der Waals surface area contributed by atoms with Crippen LogP contribution in [0.2, 0.25) is 0 Å². The second kappa shape index (κ2) is 13.7. The number of carbonyl (C=O) groups excluding carboxylic acids is 2. The van der Waals surface area contributed by atoms with E-state index in [1.807, 2.05) is 0 Å². The number of carbonyl (C=O) groups is 3. The van der Waals surface area contributed by atoms with Crippen LogP contribution in [0.15, 0.2) is 77.9 Å². The van der Waals surface area contributed by atoms with E-state index in [2.05, 4.69) is 14.8 Å². The van der Waals surface area contributed by atoms with E-state index < -0.39 is 58.7 Å². The lowest BCUT2D eigenvalue weighted by molar-refractivity contribution is -0.142. The maximum Gasteiger partial charge on any atom is 0.354 e. The highest BCUT2D eigenvalue weighted by atomic mass is 32.2. The number of thioether (sulfide) groups is 1. The van der Waals surface area contributed by atoms with E-state index in [1.165, 1.54) is 48.5 Å². The summed E-state index contributed by atoms with van der Waals surface area (Å²) in [6.07, 6.45) is 0. The number of hydrogen-bond acceptors (Lipinski definition) is 9. The zero-order valence-electron chi connectivity index (χ0n) is 23.6. The van der Waals surface area contributed by atoms with Gasteiger partial charge in [0.25, 0.3) is 5.91 Å². The molecule has 15 heteroatoms. The molecule has 5 rings (SSSR count). The van der Waals surface area contributed by atoms with E-state index in [4.69, 9.17) is 9.47 Å². The quantitative estimate of drug-likeness (QED) is 0.169. The van der Waals surface area contributed by atoms with Crippen molar-refractivity contribution in [2.45, 2.75) is 12.0 Å². The van der Waals surface area contributed by atoms with Crippen molar-refractivity contribution in [3.63, 3.8) is 0 Å². The summed E-state index contributed by atoms with van der Waals surface area (Å²) in [6, 6.07) is 14.5. The Bertz CT molecular complexity index is 1830. The van der Waals surface area contributed by atoms with Crippen molar-refractivity contribution in [2.75, 3.05) is 13.7 Å². The number of aromatic carboxylic acids is 1. The van der Waals surface area contributed by atoms with E-state index in [0.29, 0.717) is 17.7 Å². The summed E-state index contributed by atoms with van der Waals surface area (Å²) in [4.78, 5) is 41.1. The number of rotatable bonds is 10. The molecule has 0 aliphatic carbocycles. The highest BCUT2D eigenvalue weighted by molar-refractivity contribution is 8.14. The first-order chi connectivity index (χ1) is 22.0. The van der Waals surface area contributed by atoms with Crippen LogP contribution in [-0.4, -0.2) is 51.7 Å². The molecule has 0 bridgehead atoms. The molecule has 1 aliphatic heterocycles. The number of pyridine rings is 1. The van der Waals surface area contributed by atoms with Gasteiger partial charge in [0.15, 0.2) is 18.1 Å². The Hall–Kier alpha value is -5.44. The van der Waals surface area contributed by atoms with Crippen molar-refractivity contribution in [2.24, 2.45) is 5.10 Å². The zero-order chi connectivity index (χ0) is 33.0. The minimum atomic E-state index is -1.47. The minimum Gasteiger partial charge on any atom is -0.483 e. The van der Waals surface area contributed by atoms with Gasteiger partial charge >= 0.3 is 11.9 Å². The highest BCUT2D eigenvalue weighted by Crippen LogP contribution is 2.48. The summed E-state index contributed by atoms with van der Waals surface area (Å²) in [5.74, 6) is -8.08. The van der Waals surface area contributed by atoms with Crippen LogP contribution in [0.3, 0.4) is 0 Å². The number of carboxylic acids is 1. The molecule has 0 spiro atoms. The summed E-state index contributed by atoms with van der Waals surface area (Å²) >= 11 is 0.936. The second-order valence-electron chi connectivity index (χ2n) is 9.42. The largest absolute Gasteiger partial charge is 0.483 e. The molecule has 1 atom stereocenters. The van der Waals surface area contributed by atoms with Gasteiger partial charge in [-0.1, -0.05) is 30.0 Å². The molecule has 4 aromatic rings. The molecule has 1 unspecified atom stereocenters. The highest BCUT2D eigenvalue weighted by Gasteiger charge is 2.39. The maximum absolute atomic E-state index is 14.8. The van der Waals surface area contributed by atoms with Crippen LogP contribution in [-0.2, 0) is 16.1 Å². The van der Waals surface area contributed by atoms with Crippen LogP contribution in [0.5, 0.6) is 11.5 Å². The number of amides is 1. The summed E-state index contributed by atoms with van der Waals surface area (Å²) < 4.78 is 73.2. The third-order valence-corrected chi connectivity index (χ3v) is 7.62. The van der Waals surface area contributed by atoms with Gasteiger partial charge in [0.05, 0.1) is 12.8 Å². The molecule has 0 fully saturated rings. The van der Waals surface area contributed by atoms with Crippen LogP contribution >= 0.6 is 11.8 Å². The fraction of sp³-hybridized carbons (Fsp3) is 0.129. The van der Waals surface area contributed by atoms with Crippen LogP contribution in [0.25, 0.3) is 0 Å². The van der Waals surface area contributed by atoms with Gasteiger partial charge in [-0.05, 0) is 42.5 Å². The molecule has 1 aliphatic rings. The summed E-state index contributed by atoms with van der Waals surface area (Å²) in [6.45, 7) is -0.863. The fourth-order valence-corrected chi connectivity index (χ4v) is 5.45. The van der Waals surface area contributed by atoms with Crippen LogP contribution in [0.1, 0.15) is 43.0 Å². The molecule has 3 aromatic carbocycles. The number of nitrogens with zero attached hydrogens (tertiary/aromatic N) is 3. The Balaban J connectivity index is 1.58. The lowest BCUT2D eigenvalue weighted by atomic mass is 10.1. The number of hydrazone groups is 1. The van der Waals surface area contributed by atoms with Crippen molar-refractivity contribution < 1.29 is 51.3 Å². The molecule has 1 N–H and O–H groups in total. The van der Waals surface area contributed by atoms with Gasteiger partial charge in [0.2, 0.25) is 0 Å². The minimum absolute atomic E-state index is 0.0197. The molecule has 1 aromatic heterocycles. The topological polar surface area (TPSA) is 128 Å². The number of methoxy groups -OCH3 is 1. The van der Waals surface area contributed by atoms with Crippen molar-refractivity contribution >= 4 is 34.7 Å². The van der Waals surface area contributed by atoms with Crippen molar-refractivity contribution in [3.8, 4) is 11.5 Å². The number of esters is 1. The van der Waals surface area contributed by atoms with Gasteiger partial charge in [-0.2, -0.15) is 5.10 Å². The Morgan fingerprint density at radius 2 is 1.61 bits per heavy atom. The normalized spacial score (nSPS) is 14.1. The van der Waals surface area contributed by atoms with E-state index in [1.54, 1.807) is 0 Å². The molecule has 236 valence electrons. The smallest absolute Gasteiger partial charge is 0.354 e. The number of hydrogen-bond donors (Lipinski definition) is 1. The third kappa shape index (κ3) is 6.94. The maximum atomic E-state index is 14.8. The van der Waals surface area contributed by atoms with E-state index >= 15 is 0 Å². The standard InChI is InChI=1S/C31H21F4N3O7S/c1-43-25(39)15-45-27-20(5-3-7-24(27)44-14-19-4-2-6-23(36-19)31(41)42)30-38(29(40)26-21(34)12-18(33)13-22(26)35)37-28(46-30)16-8-10-17(32)11-9-16/h2-13,30H,14-15H2,1H3,(H,41,42). The van der Waals surface area contributed by atoms with Crippen molar-refractivity contribution in [1.29, 1.82) is 0 Å². The Morgan fingerprint density at radius 3 is 2.28 bits per heavy atom. The summed E-state index contributed by atoms with van der Waals surface area (Å²) in [5.41, 5.74) is -0.555. The lowest BCUT2D eigenvalue weighted by Gasteiger charge is -2.24. The van der Waals surface area contributed by atoms with Crippen LogP contribution in [0.4, 0.5) is 17.6 Å². The average Bonchev–Trinajstić information content (AvgIpc) is 3.48. The molecular weight excluding hydrogens is 634 g/mol. The monoisotopic (exact) mass is 655 g/mol. The number of carboxylic acid groups (broad SMARTS) is 1. The molecule has 0 saturated carbocycles. The van der Waals surface area contributed by atoms with Crippen molar-refractivity contribution in [1.82, 2.24) is 9.99 Å². The molecular formula is C31H21F4N3O7S. The Kier molecular flexibility index (Phi) is 9.51. The first kappa shape index (κ1) is 32.0. The molecule has 46 heavy (non-hydrogen) atoms. The van der Waals surface area contributed by atoms with Gasteiger partial charge in [0, 0.05) is 23.3 Å². The molecule has 0 radical (unpaired) electrons. The fourth-order valence-electron chi connectivity index (χ4n) is 4.27. The van der Waals surface area contributed by atoms with Gasteiger partial charge in [-0.3, -0.25) is 4.79 Å². The molecule has 2 heterocycles. The van der Waals surface area contributed by atoms with Gasteiger partial charge < -0.3 is 19.3 Å². The first-order valence-electron chi connectivity index (χ1n) is 13.2. The summed E-state index contributed by atoms with van der Waals surface area (Å²) in [5, 5.41) is 13.3. The predicted molar refractivity (Wildman–Crippen MR) is 155 cm³/mol. The molecule has 0 saturated heterocycles. The molecule has 10 nitrogen and oxygen atoms in total. The number of aromatic nitrogens is 1. The number of halogens is 4. The van der Waals surface area contributed by atoms with Crippen molar-refractivity contribution in [3.05, 3.63) is 124 Å². The number of ether oxygens (including phenoxy) is 3. The van der Waals surface area contributed by atoms with Gasteiger partial charge in [-0.25, -0.2) is 37.1 Å². The van der Waals surface area contributed by atoms with Crippen LogP contribution < -0.4 is 9.47 Å². The Morgan fingerprint density at radius 1 is 0.913 bits per heavy atom. The second-order valence-corrected chi connectivity index (χ2v) is 10.5. The van der Waals surface area contributed by atoms with Crippen LogP contribution in [0, 0.1) is 23.3 Å². The first-order valence-corrected chi connectivity index (χ1v) is 14.1. The number of benzene rings is 3. The lowest BCUT2D eigenvalue weighted by Crippen LogP contribution is -2.28. The van der Waals surface area contributed by atoms with E-state index in [-0.39, 0.29) is 40.1 Å². The molecule has 1 amide bonds. The van der Waals surface area contributed by atoms with Gasteiger partial charge in [0.1, 0.15) is 51.6 Å². The number of para-hydroxylation sites is 1. The third-order valence-electron chi connectivity index (χ3n) is 6.40. The SMILES string of the molecule is COC(=O)COc1c(OCc2cccc(C(=O)O)n2)cccc1C1SC(c2ccc(F)cc2)=NN1C(=O)c1c(F)cc(F)cc1F. The van der Waals surface area contributed by atoms with E-state index in [0.717, 1.165) is 36.0 Å². The Labute approximate surface area is 262 Å². The predicted octanol–water partition coefficient (Wildman–Crippen LogP) is 5.72. The zero-order valence-corrected chi connectivity index (χ0v) is 24.4.